The molecule has 1 heterocycles. The molecule has 1 aliphatic rings. The zero-order valence-electron chi connectivity index (χ0n) is 17.0. The van der Waals surface area contributed by atoms with E-state index in [-0.39, 0.29) is 12.5 Å². The highest BCUT2D eigenvalue weighted by molar-refractivity contribution is 6.30. The quantitative estimate of drug-likeness (QED) is 0.554. The van der Waals surface area contributed by atoms with E-state index >= 15 is 0 Å². The Bertz CT molecular complexity index is 712. The van der Waals surface area contributed by atoms with Crippen molar-refractivity contribution in [1.82, 2.24) is 10.2 Å². The zero-order chi connectivity index (χ0) is 20.9. The molecule has 0 bridgehead atoms. The summed E-state index contributed by atoms with van der Waals surface area (Å²) in [6.07, 6.45) is 2.90. The molecule has 0 spiro atoms. The highest BCUT2D eigenvalue weighted by atomic mass is 35.5. The molecular formula is C21H29ClN2O4. The average Bonchev–Trinajstić information content (AvgIpc) is 2.91. The van der Waals surface area contributed by atoms with Crippen LogP contribution in [0, 0.1) is 5.92 Å². The molecule has 2 amide bonds. The van der Waals surface area contributed by atoms with Crippen molar-refractivity contribution in [2.24, 2.45) is 5.92 Å². The first-order valence-corrected chi connectivity index (χ1v) is 10.1. The molecule has 1 saturated heterocycles. The van der Waals surface area contributed by atoms with Gasteiger partial charge in [-0.2, -0.15) is 0 Å². The molecule has 154 valence electrons. The van der Waals surface area contributed by atoms with Gasteiger partial charge in [-0.3, -0.25) is 14.4 Å². The minimum Gasteiger partial charge on any atom is -0.460 e. The van der Waals surface area contributed by atoms with E-state index in [1.165, 1.54) is 0 Å². The number of carbonyl (C=O) groups is 3. The van der Waals surface area contributed by atoms with Crippen molar-refractivity contribution in [1.29, 1.82) is 0 Å². The number of halogens is 1. The van der Waals surface area contributed by atoms with Crippen molar-refractivity contribution in [3.05, 3.63) is 34.9 Å². The van der Waals surface area contributed by atoms with Gasteiger partial charge in [0.1, 0.15) is 17.6 Å². The number of ether oxygens (including phenoxy) is 1. The lowest BCUT2D eigenvalue weighted by atomic mass is 10.0. The monoisotopic (exact) mass is 408 g/mol. The van der Waals surface area contributed by atoms with E-state index in [0.29, 0.717) is 17.1 Å². The maximum absolute atomic E-state index is 12.9. The Balaban J connectivity index is 2.16. The van der Waals surface area contributed by atoms with Gasteiger partial charge < -0.3 is 15.0 Å². The predicted octanol–water partition coefficient (Wildman–Crippen LogP) is 3.43. The van der Waals surface area contributed by atoms with Crippen molar-refractivity contribution in [3.8, 4) is 0 Å². The number of hydrogen-bond donors (Lipinski definition) is 1. The predicted molar refractivity (Wildman–Crippen MR) is 108 cm³/mol. The Morgan fingerprint density at radius 3 is 2.43 bits per heavy atom. The summed E-state index contributed by atoms with van der Waals surface area (Å²) < 4.78 is 5.49. The van der Waals surface area contributed by atoms with Gasteiger partial charge in [0, 0.05) is 23.7 Å². The fourth-order valence-electron chi connectivity index (χ4n) is 3.13. The molecule has 1 aromatic rings. The van der Waals surface area contributed by atoms with Gasteiger partial charge in [-0.25, -0.2) is 0 Å². The first-order valence-electron chi connectivity index (χ1n) is 9.70. The van der Waals surface area contributed by atoms with Crippen LogP contribution < -0.4 is 5.32 Å². The van der Waals surface area contributed by atoms with Crippen LogP contribution >= 0.6 is 11.6 Å². The SMILES string of the molecule is CCCCCN1C[C@H](C(=O)OC(C)(C)C)[C@H](NC(=O)c2ccc(Cl)cc2)C1=O. The summed E-state index contributed by atoms with van der Waals surface area (Å²) in [5.41, 5.74) is -0.287. The number of rotatable bonds is 7. The van der Waals surface area contributed by atoms with Crippen molar-refractivity contribution < 1.29 is 19.1 Å². The number of amides is 2. The average molecular weight is 409 g/mol. The first-order chi connectivity index (χ1) is 13.1. The fourth-order valence-corrected chi connectivity index (χ4v) is 3.26. The van der Waals surface area contributed by atoms with Crippen LogP contribution in [0.25, 0.3) is 0 Å². The molecule has 0 saturated carbocycles. The lowest BCUT2D eigenvalue weighted by Crippen LogP contribution is -2.47. The van der Waals surface area contributed by atoms with Crippen LogP contribution in [0.15, 0.2) is 24.3 Å². The number of unbranched alkanes of at least 4 members (excludes halogenated alkanes) is 2. The molecule has 0 radical (unpaired) electrons. The van der Waals surface area contributed by atoms with Crippen LogP contribution in [0.1, 0.15) is 57.3 Å². The van der Waals surface area contributed by atoms with Gasteiger partial charge in [0.15, 0.2) is 0 Å². The second-order valence-electron chi connectivity index (χ2n) is 8.09. The molecule has 0 unspecified atom stereocenters. The van der Waals surface area contributed by atoms with Crippen LogP contribution in [-0.4, -0.2) is 47.4 Å². The van der Waals surface area contributed by atoms with E-state index in [2.05, 4.69) is 12.2 Å². The molecular weight excluding hydrogens is 380 g/mol. The summed E-state index contributed by atoms with van der Waals surface area (Å²) in [6, 6.07) is 5.45. The van der Waals surface area contributed by atoms with Crippen LogP contribution in [0.4, 0.5) is 0 Å². The molecule has 2 rings (SSSR count). The van der Waals surface area contributed by atoms with Crippen molar-refractivity contribution in [3.63, 3.8) is 0 Å². The minimum absolute atomic E-state index is 0.241. The minimum atomic E-state index is -0.931. The van der Waals surface area contributed by atoms with E-state index in [1.807, 2.05) is 0 Å². The van der Waals surface area contributed by atoms with Crippen LogP contribution in [0.3, 0.4) is 0 Å². The lowest BCUT2D eigenvalue weighted by Gasteiger charge is -2.24. The van der Waals surface area contributed by atoms with Gasteiger partial charge in [-0.15, -0.1) is 0 Å². The third-order valence-corrected chi connectivity index (χ3v) is 4.78. The van der Waals surface area contributed by atoms with Crippen LogP contribution in [0.5, 0.6) is 0 Å². The van der Waals surface area contributed by atoms with Gasteiger partial charge >= 0.3 is 5.97 Å². The highest BCUT2D eigenvalue weighted by Crippen LogP contribution is 2.24. The Morgan fingerprint density at radius 2 is 1.86 bits per heavy atom. The van der Waals surface area contributed by atoms with Crippen LogP contribution in [-0.2, 0) is 14.3 Å². The van der Waals surface area contributed by atoms with E-state index < -0.39 is 29.4 Å². The summed E-state index contributed by atoms with van der Waals surface area (Å²) in [5, 5.41) is 3.24. The summed E-state index contributed by atoms with van der Waals surface area (Å²) in [5.74, 6) is -1.86. The maximum atomic E-state index is 12.9. The Labute approximate surface area is 171 Å². The van der Waals surface area contributed by atoms with Gasteiger partial charge in [0.05, 0.1) is 0 Å². The number of esters is 1. The van der Waals surface area contributed by atoms with E-state index in [9.17, 15) is 14.4 Å². The molecule has 7 heteroatoms. The largest absolute Gasteiger partial charge is 0.460 e. The van der Waals surface area contributed by atoms with Crippen molar-refractivity contribution in [2.75, 3.05) is 13.1 Å². The fraction of sp³-hybridized carbons (Fsp3) is 0.571. The van der Waals surface area contributed by atoms with E-state index in [0.717, 1.165) is 19.3 Å². The molecule has 1 fully saturated rings. The second kappa shape index (κ2) is 9.41. The smallest absolute Gasteiger partial charge is 0.313 e. The maximum Gasteiger partial charge on any atom is 0.313 e. The molecule has 1 aliphatic heterocycles. The summed E-state index contributed by atoms with van der Waals surface area (Å²) in [7, 11) is 0. The number of hydrogen-bond acceptors (Lipinski definition) is 4. The molecule has 1 N–H and O–H groups in total. The molecule has 1 aromatic carbocycles. The normalized spacial score (nSPS) is 19.6. The second-order valence-corrected chi connectivity index (χ2v) is 8.53. The highest BCUT2D eigenvalue weighted by Gasteiger charge is 2.46. The number of nitrogens with one attached hydrogen (secondary N) is 1. The Kier molecular flexibility index (Phi) is 7.47. The number of nitrogens with zero attached hydrogens (tertiary/aromatic N) is 1. The van der Waals surface area contributed by atoms with Gasteiger partial charge in [0.2, 0.25) is 5.91 Å². The molecule has 6 nitrogen and oxygen atoms in total. The van der Waals surface area contributed by atoms with Crippen molar-refractivity contribution >= 4 is 29.4 Å². The molecule has 2 atom stereocenters. The number of likely N-dealkylation sites (tertiary alicyclic amines) is 1. The van der Waals surface area contributed by atoms with E-state index in [1.54, 1.807) is 49.9 Å². The Hall–Kier alpha value is -2.08. The van der Waals surface area contributed by atoms with Gasteiger partial charge in [0.25, 0.3) is 5.91 Å². The van der Waals surface area contributed by atoms with Crippen LogP contribution in [0.2, 0.25) is 5.02 Å². The first kappa shape index (κ1) is 22.2. The Morgan fingerprint density at radius 1 is 1.21 bits per heavy atom. The number of carbonyl (C=O) groups excluding carboxylic acids is 3. The topological polar surface area (TPSA) is 75.7 Å². The lowest BCUT2D eigenvalue weighted by molar-refractivity contribution is -0.160. The summed E-state index contributed by atoms with van der Waals surface area (Å²) in [4.78, 5) is 39.8. The van der Waals surface area contributed by atoms with Gasteiger partial charge in [-0.05, 0) is 51.5 Å². The molecule has 0 aliphatic carbocycles. The van der Waals surface area contributed by atoms with Crippen molar-refractivity contribution in [2.45, 2.75) is 58.6 Å². The third-order valence-electron chi connectivity index (χ3n) is 4.53. The standard InChI is InChI=1S/C21H29ClN2O4/c1-5-6-7-12-24-13-16(20(27)28-21(2,3)4)17(19(24)26)23-18(25)14-8-10-15(22)11-9-14/h8-11,16-17H,5-7,12-13H2,1-4H3,(H,23,25)/t16-,17-/m0/s1. The summed E-state index contributed by atoms with van der Waals surface area (Å²) >= 11 is 5.86. The van der Waals surface area contributed by atoms with E-state index in [4.69, 9.17) is 16.3 Å². The molecule has 0 aromatic heterocycles. The third kappa shape index (κ3) is 5.96. The zero-order valence-corrected chi connectivity index (χ0v) is 17.7. The number of benzene rings is 1. The molecule has 28 heavy (non-hydrogen) atoms. The summed E-state index contributed by atoms with van der Waals surface area (Å²) in [6.45, 7) is 8.25. The van der Waals surface area contributed by atoms with Gasteiger partial charge in [-0.1, -0.05) is 31.4 Å².